The standard InChI is InChI=1S/C27H33N3O3/c1-3-28-26(33)27(17-21-12-8-9-13-23(21)20-10-6-5-7-11-20)14-15-30(19-27)25(32)22-16-24(31)29(4-2)18-22/h5-13,22H,3-4,14-19H2,1-2H3,(H,28,33)/t22-,27-/m1/s1. The van der Waals surface area contributed by atoms with E-state index in [1.54, 1.807) is 4.90 Å². The molecule has 174 valence electrons. The van der Waals surface area contributed by atoms with Gasteiger partial charge in [-0.3, -0.25) is 14.4 Å². The fraction of sp³-hybridized carbons (Fsp3) is 0.444. The van der Waals surface area contributed by atoms with Gasteiger partial charge in [0.05, 0.1) is 11.3 Å². The minimum absolute atomic E-state index is 0.000785. The molecule has 6 nitrogen and oxygen atoms in total. The first kappa shape index (κ1) is 23.0. The first-order valence-corrected chi connectivity index (χ1v) is 12.0. The van der Waals surface area contributed by atoms with E-state index in [-0.39, 0.29) is 30.1 Å². The van der Waals surface area contributed by atoms with Gasteiger partial charge in [-0.1, -0.05) is 54.6 Å². The first-order valence-electron chi connectivity index (χ1n) is 12.0. The molecule has 2 fully saturated rings. The first-order chi connectivity index (χ1) is 16.0. The molecule has 4 rings (SSSR count). The number of benzene rings is 2. The zero-order valence-corrected chi connectivity index (χ0v) is 19.5. The molecule has 0 saturated carbocycles. The Kier molecular flexibility index (Phi) is 6.82. The van der Waals surface area contributed by atoms with Crippen molar-refractivity contribution in [2.24, 2.45) is 11.3 Å². The van der Waals surface area contributed by atoms with Gasteiger partial charge in [0.1, 0.15) is 0 Å². The maximum absolute atomic E-state index is 13.3. The smallest absolute Gasteiger partial charge is 0.228 e. The van der Waals surface area contributed by atoms with E-state index in [1.807, 2.05) is 49.1 Å². The van der Waals surface area contributed by atoms with Crippen LogP contribution in [0.5, 0.6) is 0 Å². The number of hydrogen-bond acceptors (Lipinski definition) is 3. The van der Waals surface area contributed by atoms with E-state index in [1.165, 1.54) is 0 Å². The van der Waals surface area contributed by atoms with E-state index in [2.05, 4.69) is 29.6 Å². The number of carbonyl (C=O) groups excluding carboxylic acids is 3. The highest BCUT2D eigenvalue weighted by Gasteiger charge is 2.48. The second kappa shape index (κ2) is 9.77. The van der Waals surface area contributed by atoms with Crippen molar-refractivity contribution in [2.75, 3.05) is 32.7 Å². The van der Waals surface area contributed by atoms with E-state index in [9.17, 15) is 14.4 Å². The third-order valence-electron chi connectivity index (χ3n) is 7.06. The maximum Gasteiger partial charge on any atom is 0.228 e. The van der Waals surface area contributed by atoms with Crippen LogP contribution in [0, 0.1) is 11.3 Å². The van der Waals surface area contributed by atoms with Crippen LogP contribution in [0.3, 0.4) is 0 Å². The van der Waals surface area contributed by atoms with Gasteiger partial charge in [0.2, 0.25) is 17.7 Å². The van der Waals surface area contributed by atoms with E-state index < -0.39 is 5.41 Å². The highest BCUT2D eigenvalue weighted by atomic mass is 16.2. The van der Waals surface area contributed by atoms with Gasteiger partial charge < -0.3 is 15.1 Å². The molecule has 0 spiro atoms. The van der Waals surface area contributed by atoms with Gasteiger partial charge in [0.15, 0.2) is 0 Å². The van der Waals surface area contributed by atoms with Gasteiger partial charge >= 0.3 is 0 Å². The summed E-state index contributed by atoms with van der Waals surface area (Å²) in [5.41, 5.74) is 2.67. The van der Waals surface area contributed by atoms with Crippen LogP contribution in [0.2, 0.25) is 0 Å². The van der Waals surface area contributed by atoms with Gasteiger partial charge in [-0.15, -0.1) is 0 Å². The predicted molar refractivity (Wildman–Crippen MR) is 128 cm³/mol. The summed E-state index contributed by atoms with van der Waals surface area (Å²) in [6.45, 7) is 6.45. The molecule has 0 bridgehead atoms. The summed E-state index contributed by atoms with van der Waals surface area (Å²) in [4.78, 5) is 42.3. The monoisotopic (exact) mass is 447 g/mol. The lowest BCUT2D eigenvalue weighted by molar-refractivity contribution is -0.136. The number of amides is 3. The summed E-state index contributed by atoms with van der Waals surface area (Å²) < 4.78 is 0. The SMILES string of the molecule is CCNC(=O)[C@@]1(Cc2ccccc2-c2ccccc2)CCN(C(=O)[C@@H]2CC(=O)N(CC)C2)C1. The summed E-state index contributed by atoms with van der Waals surface area (Å²) >= 11 is 0. The zero-order valence-electron chi connectivity index (χ0n) is 19.5. The van der Waals surface area contributed by atoms with Crippen molar-refractivity contribution < 1.29 is 14.4 Å². The van der Waals surface area contributed by atoms with E-state index in [0.717, 1.165) is 16.7 Å². The van der Waals surface area contributed by atoms with Gasteiger partial charge in [-0.05, 0) is 43.4 Å². The lowest BCUT2D eigenvalue weighted by Crippen LogP contribution is -2.46. The maximum atomic E-state index is 13.3. The topological polar surface area (TPSA) is 69.7 Å². The van der Waals surface area contributed by atoms with Crippen LogP contribution in [0.15, 0.2) is 54.6 Å². The fourth-order valence-corrected chi connectivity index (χ4v) is 5.26. The molecule has 0 unspecified atom stereocenters. The number of rotatable bonds is 7. The highest BCUT2D eigenvalue weighted by Crippen LogP contribution is 2.38. The summed E-state index contributed by atoms with van der Waals surface area (Å²) in [6.07, 6.45) is 1.46. The van der Waals surface area contributed by atoms with E-state index >= 15 is 0 Å². The van der Waals surface area contributed by atoms with Crippen LogP contribution in [0.1, 0.15) is 32.3 Å². The van der Waals surface area contributed by atoms with E-state index in [4.69, 9.17) is 0 Å². The normalized spacial score (nSPS) is 22.6. The molecule has 2 aliphatic heterocycles. The molecule has 2 saturated heterocycles. The van der Waals surface area contributed by atoms with Crippen LogP contribution < -0.4 is 5.32 Å². The van der Waals surface area contributed by atoms with E-state index in [0.29, 0.717) is 45.6 Å². The summed E-state index contributed by atoms with van der Waals surface area (Å²) in [6, 6.07) is 18.4. The number of nitrogens with zero attached hydrogens (tertiary/aromatic N) is 2. The van der Waals surface area contributed by atoms with Crippen LogP contribution in [0.25, 0.3) is 11.1 Å². The molecule has 6 heteroatoms. The Labute approximate surface area is 196 Å². The number of carbonyl (C=O) groups is 3. The van der Waals surface area contributed by atoms with Crippen molar-refractivity contribution in [3.05, 3.63) is 60.2 Å². The Bertz CT molecular complexity index is 1020. The lowest BCUT2D eigenvalue weighted by Gasteiger charge is -2.30. The molecule has 2 aliphatic rings. The minimum Gasteiger partial charge on any atom is -0.356 e. The lowest BCUT2D eigenvalue weighted by atomic mass is 9.78. The highest BCUT2D eigenvalue weighted by molar-refractivity contribution is 5.91. The Morgan fingerprint density at radius 3 is 2.48 bits per heavy atom. The second-order valence-electron chi connectivity index (χ2n) is 9.18. The average Bonchev–Trinajstić information content (AvgIpc) is 3.44. The quantitative estimate of drug-likeness (QED) is 0.709. The molecular formula is C27H33N3O3. The number of likely N-dealkylation sites (tertiary alicyclic amines) is 2. The summed E-state index contributed by atoms with van der Waals surface area (Å²) in [7, 11) is 0. The molecule has 0 aliphatic carbocycles. The Balaban J connectivity index is 1.59. The summed E-state index contributed by atoms with van der Waals surface area (Å²) in [5.74, 6) is -0.261. The fourth-order valence-electron chi connectivity index (χ4n) is 5.26. The molecular weight excluding hydrogens is 414 g/mol. The molecule has 1 N–H and O–H groups in total. The number of nitrogens with one attached hydrogen (secondary N) is 1. The Hall–Kier alpha value is -3.15. The molecule has 2 heterocycles. The zero-order chi connectivity index (χ0) is 23.4. The Morgan fingerprint density at radius 1 is 1.06 bits per heavy atom. The third kappa shape index (κ3) is 4.65. The molecule has 2 aromatic carbocycles. The van der Waals surface area contributed by atoms with Gasteiger partial charge in [-0.25, -0.2) is 0 Å². The predicted octanol–water partition coefficient (Wildman–Crippen LogP) is 3.12. The summed E-state index contributed by atoms with van der Waals surface area (Å²) in [5, 5.41) is 3.02. The third-order valence-corrected chi connectivity index (χ3v) is 7.06. The Morgan fingerprint density at radius 2 is 1.79 bits per heavy atom. The van der Waals surface area contributed by atoms with Crippen LogP contribution in [0.4, 0.5) is 0 Å². The molecule has 2 atom stereocenters. The largest absolute Gasteiger partial charge is 0.356 e. The van der Waals surface area contributed by atoms with Gasteiger partial charge in [-0.2, -0.15) is 0 Å². The van der Waals surface area contributed by atoms with Crippen molar-refractivity contribution in [2.45, 2.75) is 33.1 Å². The second-order valence-corrected chi connectivity index (χ2v) is 9.18. The molecule has 0 aromatic heterocycles. The molecule has 0 radical (unpaired) electrons. The van der Waals surface area contributed by atoms with Gasteiger partial charge in [0.25, 0.3) is 0 Å². The van der Waals surface area contributed by atoms with Crippen LogP contribution in [-0.2, 0) is 20.8 Å². The minimum atomic E-state index is -0.677. The van der Waals surface area contributed by atoms with Crippen molar-refractivity contribution in [1.82, 2.24) is 15.1 Å². The van der Waals surface area contributed by atoms with Crippen molar-refractivity contribution >= 4 is 17.7 Å². The molecule has 2 aromatic rings. The molecule has 33 heavy (non-hydrogen) atoms. The number of hydrogen-bond donors (Lipinski definition) is 1. The van der Waals surface area contributed by atoms with Crippen LogP contribution >= 0.6 is 0 Å². The average molecular weight is 448 g/mol. The van der Waals surface area contributed by atoms with Crippen molar-refractivity contribution in [1.29, 1.82) is 0 Å². The van der Waals surface area contributed by atoms with Gasteiger partial charge in [0, 0.05) is 39.1 Å². The van der Waals surface area contributed by atoms with Crippen molar-refractivity contribution in [3.63, 3.8) is 0 Å². The van der Waals surface area contributed by atoms with Crippen molar-refractivity contribution in [3.8, 4) is 11.1 Å². The van der Waals surface area contributed by atoms with Crippen LogP contribution in [-0.4, -0.2) is 60.2 Å². The molecule has 3 amide bonds.